The molecule has 0 amide bonds. The lowest BCUT2D eigenvalue weighted by atomic mass is 9.94. The summed E-state index contributed by atoms with van der Waals surface area (Å²) in [4.78, 5) is 8.22. The first-order valence-electron chi connectivity index (χ1n) is 8.02. The Bertz CT molecular complexity index is 840. The van der Waals surface area contributed by atoms with E-state index in [1.165, 1.54) is 24.3 Å². The number of rotatable bonds is 5. The molecule has 1 aromatic carbocycles. The third kappa shape index (κ3) is 4.53. The molecule has 8 heteroatoms. The average molecular weight is 358 g/mol. The molecule has 0 aliphatic heterocycles. The maximum Gasteiger partial charge on any atom is 0.240 e. The number of hydrogen-bond acceptors (Lipinski definition) is 6. The lowest BCUT2D eigenvalue weighted by Gasteiger charge is -2.28. The third-order valence-corrected chi connectivity index (χ3v) is 5.65. The topological polar surface area (TPSA) is 105 Å². The summed E-state index contributed by atoms with van der Waals surface area (Å²) in [6, 6.07) is 7.75. The summed E-state index contributed by atoms with van der Waals surface area (Å²) in [7, 11) is -3.58. The lowest BCUT2D eigenvalue weighted by Crippen LogP contribution is -2.39. The van der Waals surface area contributed by atoms with Gasteiger partial charge in [-0.15, -0.1) is 0 Å². The van der Waals surface area contributed by atoms with Gasteiger partial charge in [0.05, 0.1) is 22.7 Å². The van der Waals surface area contributed by atoms with Crippen LogP contribution in [0.25, 0.3) is 0 Å². The first kappa shape index (κ1) is 17.3. The number of nitrogens with one attached hydrogen (secondary N) is 1. The summed E-state index contributed by atoms with van der Waals surface area (Å²) in [5, 5.41) is 8.79. The normalized spacial score (nSPS) is 20.6. The highest BCUT2D eigenvalue weighted by atomic mass is 32.2. The van der Waals surface area contributed by atoms with E-state index in [-0.39, 0.29) is 17.0 Å². The molecule has 25 heavy (non-hydrogen) atoms. The molecule has 0 bridgehead atoms. The SMILES string of the molecule is N#Cc1ccc(S(=O)(=O)NC2CCC(Oc3cnccn3)CC2)cc1. The number of ether oxygens (including phenoxy) is 1. The number of hydrogen-bond donors (Lipinski definition) is 1. The van der Waals surface area contributed by atoms with Crippen molar-refractivity contribution in [3.8, 4) is 11.9 Å². The molecular formula is C17H18N4O3S. The van der Waals surface area contributed by atoms with Crippen LogP contribution in [0.1, 0.15) is 31.2 Å². The number of sulfonamides is 1. The van der Waals surface area contributed by atoms with Gasteiger partial charge in [-0.25, -0.2) is 18.1 Å². The van der Waals surface area contributed by atoms with Gasteiger partial charge in [-0.3, -0.25) is 4.98 Å². The van der Waals surface area contributed by atoms with Gasteiger partial charge >= 0.3 is 0 Å². The average Bonchev–Trinajstić information content (AvgIpc) is 2.64. The van der Waals surface area contributed by atoms with Crippen LogP contribution in [-0.4, -0.2) is 30.5 Å². The van der Waals surface area contributed by atoms with E-state index in [2.05, 4.69) is 14.7 Å². The molecule has 0 spiro atoms. The van der Waals surface area contributed by atoms with Crippen LogP contribution in [0.5, 0.6) is 5.88 Å². The predicted octanol–water partition coefficient (Wildman–Crippen LogP) is 2.02. The van der Waals surface area contributed by atoms with Crippen molar-refractivity contribution in [3.63, 3.8) is 0 Å². The van der Waals surface area contributed by atoms with Gasteiger partial charge in [-0.2, -0.15) is 5.26 Å². The van der Waals surface area contributed by atoms with Gasteiger partial charge in [-0.05, 0) is 49.9 Å². The summed E-state index contributed by atoms with van der Waals surface area (Å²) in [5.41, 5.74) is 0.431. The largest absolute Gasteiger partial charge is 0.473 e. The van der Waals surface area contributed by atoms with E-state index < -0.39 is 10.0 Å². The molecule has 0 atom stereocenters. The Labute approximate surface area is 146 Å². The number of nitriles is 1. The second-order valence-electron chi connectivity index (χ2n) is 5.89. The van der Waals surface area contributed by atoms with Crippen LogP contribution in [0.4, 0.5) is 0 Å². The van der Waals surface area contributed by atoms with Gasteiger partial charge < -0.3 is 4.74 Å². The molecule has 1 fully saturated rings. The van der Waals surface area contributed by atoms with Gasteiger partial charge in [0, 0.05) is 18.4 Å². The van der Waals surface area contributed by atoms with Gasteiger partial charge in [0.1, 0.15) is 6.10 Å². The van der Waals surface area contributed by atoms with Crippen molar-refractivity contribution in [1.82, 2.24) is 14.7 Å². The summed E-state index contributed by atoms with van der Waals surface area (Å²) in [6.45, 7) is 0. The van der Waals surface area contributed by atoms with Crippen molar-refractivity contribution in [2.24, 2.45) is 0 Å². The summed E-state index contributed by atoms with van der Waals surface area (Å²) >= 11 is 0. The van der Waals surface area contributed by atoms with E-state index in [1.807, 2.05) is 6.07 Å². The molecule has 7 nitrogen and oxygen atoms in total. The van der Waals surface area contributed by atoms with Gasteiger partial charge in [0.15, 0.2) is 0 Å². The molecule has 1 N–H and O–H groups in total. The highest BCUT2D eigenvalue weighted by Gasteiger charge is 2.26. The molecule has 1 heterocycles. The van der Waals surface area contributed by atoms with Crippen LogP contribution in [0.15, 0.2) is 47.8 Å². The van der Waals surface area contributed by atoms with E-state index >= 15 is 0 Å². The molecule has 1 aliphatic carbocycles. The first-order valence-corrected chi connectivity index (χ1v) is 9.50. The molecule has 0 radical (unpaired) electrons. The monoisotopic (exact) mass is 358 g/mol. The Morgan fingerprint density at radius 3 is 2.44 bits per heavy atom. The van der Waals surface area contributed by atoms with E-state index in [0.29, 0.717) is 24.3 Å². The maximum absolute atomic E-state index is 12.4. The Hall–Kier alpha value is -2.50. The summed E-state index contributed by atoms with van der Waals surface area (Å²) < 4.78 is 33.4. The van der Waals surface area contributed by atoms with Crippen LogP contribution in [0, 0.1) is 11.3 Å². The quantitative estimate of drug-likeness (QED) is 0.876. The van der Waals surface area contributed by atoms with Gasteiger partial charge in [-0.1, -0.05) is 0 Å². The van der Waals surface area contributed by atoms with Crippen LogP contribution < -0.4 is 9.46 Å². The van der Waals surface area contributed by atoms with Gasteiger partial charge in [0.2, 0.25) is 15.9 Å². The number of aromatic nitrogens is 2. The van der Waals surface area contributed by atoms with E-state index in [4.69, 9.17) is 10.00 Å². The second kappa shape index (κ2) is 7.59. The fraction of sp³-hybridized carbons (Fsp3) is 0.353. The summed E-state index contributed by atoms with van der Waals surface area (Å²) in [5.74, 6) is 0.490. The maximum atomic E-state index is 12.4. The fourth-order valence-electron chi connectivity index (χ4n) is 2.81. The van der Waals surface area contributed by atoms with Crippen molar-refractivity contribution >= 4 is 10.0 Å². The Morgan fingerprint density at radius 2 is 1.84 bits per heavy atom. The van der Waals surface area contributed by atoms with E-state index in [1.54, 1.807) is 18.6 Å². The Balaban J connectivity index is 1.55. The standard InChI is InChI=1S/C17H18N4O3S/c18-11-13-1-7-16(8-2-13)25(22,23)21-14-3-5-15(6-4-14)24-17-12-19-9-10-20-17/h1-2,7-10,12,14-15,21H,3-6H2. The molecule has 0 saturated heterocycles. The number of nitrogens with zero attached hydrogens (tertiary/aromatic N) is 3. The van der Waals surface area contributed by atoms with Crippen molar-refractivity contribution in [2.75, 3.05) is 0 Å². The van der Waals surface area contributed by atoms with Crippen molar-refractivity contribution in [1.29, 1.82) is 5.26 Å². The van der Waals surface area contributed by atoms with Crippen molar-refractivity contribution < 1.29 is 13.2 Å². The first-order chi connectivity index (χ1) is 12.1. The zero-order valence-corrected chi connectivity index (χ0v) is 14.3. The molecule has 1 aliphatic rings. The molecule has 3 rings (SSSR count). The van der Waals surface area contributed by atoms with Crippen molar-refractivity contribution in [3.05, 3.63) is 48.4 Å². The van der Waals surface area contributed by atoms with E-state index in [0.717, 1.165) is 12.8 Å². The van der Waals surface area contributed by atoms with Crippen LogP contribution in [-0.2, 0) is 10.0 Å². The third-order valence-electron chi connectivity index (χ3n) is 4.12. The molecule has 1 aromatic heterocycles. The highest BCUT2D eigenvalue weighted by Crippen LogP contribution is 2.24. The molecule has 0 unspecified atom stereocenters. The minimum atomic E-state index is -3.58. The Morgan fingerprint density at radius 1 is 1.12 bits per heavy atom. The zero-order chi connectivity index (χ0) is 17.7. The van der Waals surface area contributed by atoms with Crippen molar-refractivity contribution in [2.45, 2.75) is 42.7 Å². The Kier molecular flexibility index (Phi) is 5.26. The molecular weight excluding hydrogens is 340 g/mol. The second-order valence-corrected chi connectivity index (χ2v) is 7.61. The lowest BCUT2D eigenvalue weighted by molar-refractivity contribution is 0.138. The molecule has 130 valence electrons. The highest BCUT2D eigenvalue weighted by molar-refractivity contribution is 7.89. The minimum absolute atomic E-state index is 0.0207. The predicted molar refractivity (Wildman–Crippen MR) is 90.2 cm³/mol. The van der Waals surface area contributed by atoms with Gasteiger partial charge in [0.25, 0.3) is 0 Å². The van der Waals surface area contributed by atoms with Crippen LogP contribution in [0.2, 0.25) is 0 Å². The van der Waals surface area contributed by atoms with E-state index in [9.17, 15) is 8.42 Å². The molecule has 2 aromatic rings. The molecule has 1 saturated carbocycles. The van der Waals surface area contributed by atoms with Crippen LogP contribution in [0.3, 0.4) is 0 Å². The summed E-state index contributed by atoms with van der Waals surface area (Å²) in [6.07, 6.45) is 7.64. The zero-order valence-electron chi connectivity index (χ0n) is 13.5. The fourth-order valence-corrected chi connectivity index (χ4v) is 4.12. The minimum Gasteiger partial charge on any atom is -0.473 e. The van der Waals surface area contributed by atoms with Crippen LogP contribution >= 0.6 is 0 Å². The smallest absolute Gasteiger partial charge is 0.240 e. The number of benzene rings is 1.